The topological polar surface area (TPSA) is 126 Å². The van der Waals surface area contributed by atoms with Crippen molar-refractivity contribution in [2.24, 2.45) is 0 Å². The van der Waals surface area contributed by atoms with Crippen molar-refractivity contribution in [1.29, 1.82) is 0 Å². The highest BCUT2D eigenvalue weighted by molar-refractivity contribution is 7.88. The molecule has 1 aliphatic heterocycles. The van der Waals surface area contributed by atoms with Crippen LogP contribution < -0.4 is 5.32 Å². The molecule has 1 N–H and O–H groups in total. The third kappa shape index (κ3) is 5.57. The summed E-state index contributed by atoms with van der Waals surface area (Å²) in [7, 11) is -3.22. The van der Waals surface area contributed by atoms with E-state index in [1.165, 1.54) is 17.5 Å². The molecule has 10 nitrogen and oxygen atoms in total. The van der Waals surface area contributed by atoms with Crippen LogP contribution in [0.2, 0.25) is 0 Å². The number of amides is 2. The van der Waals surface area contributed by atoms with Gasteiger partial charge in [-0.2, -0.15) is 9.29 Å². The second-order valence-electron chi connectivity index (χ2n) is 8.23. The second-order valence-corrected chi connectivity index (χ2v) is 10.2. The Morgan fingerprint density at radius 1 is 1.10 bits per heavy atom. The van der Waals surface area contributed by atoms with E-state index >= 15 is 0 Å². The highest BCUT2D eigenvalue weighted by Crippen LogP contribution is 2.34. The fourth-order valence-corrected chi connectivity index (χ4v) is 5.09. The van der Waals surface area contributed by atoms with Crippen LogP contribution in [-0.4, -0.2) is 72.0 Å². The quantitative estimate of drug-likeness (QED) is 0.647. The number of carbonyl (C=O) groups is 2. The number of hydrogen-bond donors (Lipinski definition) is 1. The molecule has 30 heavy (non-hydrogen) atoms. The molecule has 168 valence electrons. The highest BCUT2D eigenvalue weighted by atomic mass is 32.2. The summed E-state index contributed by atoms with van der Waals surface area (Å²) in [6, 6.07) is 0. The first kappa shape index (κ1) is 22.7. The fourth-order valence-electron chi connectivity index (χ4n) is 4.27. The summed E-state index contributed by atoms with van der Waals surface area (Å²) in [5, 5.41) is 7.18. The smallest absolute Gasteiger partial charge is 0.227 e. The lowest BCUT2D eigenvalue weighted by molar-refractivity contribution is -0.132. The van der Waals surface area contributed by atoms with E-state index in [4.69, 9.17) is 4.52 Å². The number of nitrogens with zero attached hydrogens (tertiary/aromatic N) is 4. The summed E-state index contributed by atoms with van der Waals surface area (Å²) >= 11 is 0. The normalized spacial score (nSPS) is 20.5. The molecule has 1 saturated carbocycles. The van der Waals surface area contributed by atoms with Crippen LogP contribution in [0.15, 0.2) is 4.52 Å². The van der Waals surface area contributed by atoms with Crippen LogP contribution in [0.25, 0.3) is 0 Å². The number of sulfonamides is 1. The Morgan fingerprint density at radius 3 is 2.30 bits per heavy atom. The molecule has 1 saturated heterocycles. The van der Waals surface area contributed by atoms with E-state index in [9.17, 15) is 18.0 Å². The molecule has 0 unspecified atom stereocenters. The van der Waals surface area contributed by atoms with Crippen LogP contribution in [0.3, 0.4) is 0 Å². The van der Waals surface area contributed by atoms with Gasteiger partial charge < -0.3 is 14.7 Å². The zero-order valence-electron chi connectivity index (χ0n) is 17.7. The molecule has 1 aromatic heterocycles. The molecule has 0 bridgehead atoms. The maximum absolute atomic E-state index is 12.5. The molecular weight excluding hydrogens is 410 g/mol. The van der Waals surface area contributed by atoms with Crippen molar-refractivity contribution in [2.75, 3.05) is 32.4 Å². The van der Waals surface area contributed by atoms with Crippen LogP contribution in [-0.2, 0) is 31.6 Å². The Hall–Kier alpha value is -2.01. The van der Waals surface area contributed by atoms with Crippen molar-refractivity contribution < 1.29 is 22.5 Å². The van der Waals surface area contributed by atoms with Crippen molar-refractivity contribution in [2.45, 2.75) is 63.8 Å². The molecule has 0 aromatic carbocycles. The lowest BCUT2D eigenvalue weighted by Crippen LogP contribution is -2.50. The monoisotopic (exact) mass is 441 g/mol. The molecule has 3 rings (SSSR count). The summed E-state index contributed by atoms with van der Waals surface area (Å²) in [5.41, 5.74) is -0.601. The minimum atomic E-state index is -3.22. The number of aryl methyl sites for hydroxylation is 1. The van der Waals surface area contributed by atoms with Gasteiger partial charge in [-0.1, -0.05) is 30.8 Å². The summed E-state index contributed by atoms with van der Waals surface area (Å²) < 4.78 is 30.0. The van der Waals surface area contributed by atoms with E-state index in [1.54, 1.807) is 4.90 Å². The Kier molecular flexibility index (Phi) is 7.12. The van der Waals surface area contributed by atoms with Crippen LogP contribution in [0, 0.1) is 0 Å². The second kappa shape index (κ2) is 9.42. The number of piperazine rings is 1. The Balaban J connectivity index is 1.58. The van der Waals surface area contributed by atoms with E-state index in [2.05, 4.69) is 15.5 Å². The molecule has 1 aromatic rings. The number of nitrogens with one attached hydrogen (secondary N) is 1. The predicted molar refractivity (Wildman–Crippen MR) is 109 cm³/mol. The van der Waals surface area contributed by atoms with E-state index < -0.39 is 15.6 Å². The van der Waals surface area contributed by atoms with Gasteiger partial charge in [0.05, 0.1) is 6.26 Å². The molecule has 1 aliphatic carbocycles. The lowest BCUT2D eigenvalue weighted by atomic mass is 9.89. The van der Waals surface area contributed by atoms with Crippen LogP contribution in [0.1, 0.15) is 63.6 Å². The van der Waals surface area contributed by atoms with Gasteiger partial charge in [0.1, 0.15) is 5.54 Å². The fraction of sp³-hybridized carbons (Fsp3) is 0.789. The van der Waals surface area contributed by atoms with Gasteiger partial charge in [0, 0.05) is 45.9 Å². The van der Waals surface area contributed by atoms with Gasteiger partial charge in [-0.3, -0.25) is 9.59 Å². The minimum Gasteiger partial charge on any atom is -0.343 e. The largest absolute Gasteiger partial charge is 0.343 e. The van der Waals surface area contributed by atoms with Crippen molar-refractivity contribution in [3.05, 3.63) is 11.7 Å². The van der Waals surface area contributed by atoms with E-state index in [1.807, 2.05) is 0 Å². The van der Waals surface area contributed by atoms with Gasteiger partial charge in [-0.15, -0.1) is 0 Å². The molecule has 2 amide bonds. The molecular formula is C19H31N5O5S. The molecule has 0 spiro atoms. The SMILES string of the molecule is CC(=O)NC1(c2noc(CCC(=O)N3CCN(S(C)(=O)=O)CC3)n2)CCCCCC1. The average molecular weight is 442 g/mol. The highest BCUT2D eigenvalue weighted by Gasteiger charge is 2.38. The average Bonchev–Trinajstić information content (AvgIpc) is 3.05. The first-order valence-electron chi connectivity index (χ1n) is 10.5. The summed E-state index contributed by atoms with van der Waals surface area (Å²) in [6.45, 7) is 2.89. The third-order valence-corrected chi connectivity index (χ3v) is 7.18. The zero-order valence-corrected chi connectivity index (χ0v) is 18.5. The summed E-state index contributed by atoms with van der Waals surface area (Å²) in [4.78, 5) is 30.5. The van der Waals surface area contributed by atoms with Gasteiger partial charge in [-0.05, 0) is 12.8 Å². The van der Waals surface area contributed by atoms with Gasteiger partial charge in [0.2, 0.25) is 27.7 Å². The van der Waals surface area contributed by atoms with Crippen molar-refractivity contribution >= 4 is 21.8 Å². The molecule has 2 heterocycles. The number of rotatable bonds is 6. The predicted octanol–water partition coefficient (Wildman–Crippen LogP) is 0.792. The summed E-state index contributed by atoms with van der Waals surface area (Å²) in [6.07, 6.45) is 7.47. The van der Waals surface area contributed by atoms with Gasteiger partial charge in [0.15, 0.2) is 5.82 Å². The van der Waals surface area contributed by atoms with Crippen LogP contribution >= 0.6 is 0 Å². The van der Waals surface area contributed by atoms with Crippen molar-refractivity contribution in [3.63, 3.8) is 0 Å². The Morgan fingerprint density at radius 2 is 1.73 bits per heavy atom. The molecule has 2 fully saturated rings. The standard InChI is InChI=1S/C19H31N5O5S/c1-15(25)21-19(9-5-3-4-6-10-19)18-20-16(29-22-18)7-8-17(26)23-11-13-24(14-12-23)30(2,27)28/h3-14H2,1-2H3,(H,21,25). The molecule has 0 atom stereocenters. The Bertz CT molecular complexity index is 852. The molecule has 2 aliphatic rings. The van der Waals surface area contributed by atoms with Crippen LogP contribution in [0.4, 0.5) is 0 Å². The van der Waals surface area contributed by atoms with E-state index in [0.29, 0.717) is 44.3 Å². The zero-order chi connectivity index (χ0) is 21.8. The molecule has 11 heteroatoms. The van der Waals surface area contributed by atoms with Crippen LogP contribution in [0.5, 0.6) is 0 Å². The first-order valence-corrected chi connectivity index (χ1v) is 12.4. The first-order chi connectivity index (χ1) is 14.2. The Labute approximate surface area is 177 Å². The van der Waals surface area contributed by atoms with Crippen molar-refractivity contribution in [3.8, 4) is 0 Å². The number of aromatic nitrogens is 2. The summed E-state index contributed by atoms with van der Waals surface area (Å²) in [5.74, 6) is 0.687. The lowest BCUT2D eigenvalue weighted by Gasteiger charge is -2.33. The van der Waals surface area contributed by atoms with Gasteiger partial charge >= 0.3 is 0 Å². The van der Waals surface area contributed by atoms with Gasteiger partial charge in [0.25, 0.3) is 0 Å². The number of hydrogen-bond acceptors (Lipinski definition) is 7. The van der Waals surface area contributed by atoms with E-state index in [0.717, 1.165) is 38.5 Å². The molecule has 0 radical (unpaired) electrons. The van der Waals surface area contributed by atoms with Crippen molar-refractivity contribution in [1.82, 2.24) is 24.7 Å². The van der Waals surface area contributed by atoms with E-state index in [-0.39, 0.29) is 18.2 Å². The minimum absolute atomic E-state index is 0.0612. The number of carbonyl (C=O) groups excluding carboxylic acids is 2. The third-order valence-electron chi connectivity index (χ3n) is 5.88. The maximum Gasteiger partial charge on any atom is 0.227 e. The maximum atomic E-state index is 12.5. The van der Waals surface area contributed by atoms with Gasteiger partial charge in [-0.25, -0.2) is 8.42 Å².